The standard InChI is InChI=1S/C19H22N4O4S/c1-12(2)23-18-15(10-20-23)14(9-16(21-18)17-5-4-7-27-17)19(24)22(3)13-6-8-28(25,26)11-13/h4-5,7,9-10,12-13H,6,8,11H2,1-3H3. The van der Waals surface area contributed by atoms with Gasteiger partial charge in [-0.25, -0.2) is 18.1 Å². The van der Waals surface area contributed by atoms with Crippen molar-refractivity contribution in [3.63, 3.8) is 0 Å². The van der Waals surface area contributed by atoms with Gasteiger partial charge in [0.05, 0.1) is 34.9 Å². The number of carbonyl (C=O) groups is 1. The summed E-state index contributed by atoms with van der Waals surface area (Å²) >= 11 is 0. The van der Waals surface area contributed by atoms with Crippen molar-refractivity contribution in [2.24, 2.45) is 0 Å². The molecule has 0 saturated carbocycles. The summed E-state index contributed by atoms with van der Waals surface area (Å²) in [5.41, 5.74) is 1.57. The van der Waals surface area contributed by atoms with Crippen LogP contribution in [0.25, 0.3) is 22.5 Å². The van der Waals surface area contributed by atoms with Gasteiger partial charge in [0, 0.05) is 19.1 Å². The van der Waals surface area contributed by atoms with Gasteiger partial charge in [-0.3, -0.25) is 4.79 Å². The maximum atomic E-state index is 13.3. The lowest BCUT2D eigenvalue weighted by Gasteiger charge is -2.24. The zero-order chi connectivity index (χ0) is 20.1. The molecule has 148 valence electrons. The monoisotopic (exact) mass is 402 g/mol. The Labute approximate surface area is 163 Å². The SMILES string of the molecule is CC(C)n1ncc2c(C(=O)N(C)C3CCS(=O)(=O)C3)cc(-c3ccco3)nc21. The van der Waals surface area contributed by atoms with E-state index in [0.29, 0.717) is 34.5 Å². The van der Waals surface area contributed by atoms with E-state index in [4.69, 9.17) is 4.42 Å². The van der Waals surface area contributed by atoms with Gasteiger partial charge < -0.3 is 9.32 Å². The topological polar surface area (TPSA) is 98.3 Å². The largest absolute Gasteiger partial charge is 0.463 e. The summed E-state index contributed by atoms with van der Waals surface area (Å²) in [5.74, 6) is 0.424. The van der Waals surface area contributed by atoms with Crippen molar-refractivity contribution in [1.29, 1.82) is 0 Å². The molecule has 4 heterocycles. The predicted octanol–water partition coefficient (Wildman–Crippen LogP) is 2.53. The number of sulfone groups is 1. The quantitative estimate of drug-likeness (QED) is 0.665. The first-order valence-electron chi connectivity index (χ1n) is 9.16. The van der Waals surface area contributed by atoms with Crippen molar-refractivity contribution in [3.8, 4) is 11.5 Å². The number of carbonyl (C=O) groups excluding carboxylic acids is 1. The van der Waals surface area contributed by atoms with Gasteiger partial charge in [0.1, 0.15) is 5.69 Å². The van der Waals surface area contributed by atoms with E-state index in [1.165, 1.54) is 4.90 Å². The van der Waals surface area contributed by atoms with E-state index < -0.39 is 9.84 Å². The number of aromatic nitrogens is 3. The lowest BCUT2D eigenvalue weighted by Crippen LogP contribution is -2.38. The van der Waals surface area contributed by atoms with Crippen molar-refractivity contribution in [2.75, 3.05) is 18.6 Å². The summed E-state index contributed by atoms with van der Waals surface area (Å²) < 4.78 is 30.9. The Morgan fingerprint density at radius 2 is 2.18 bits per heavy atom. The maximum Gasteiger partial charge on any atom is 0.254 e. The molecule has 4 rings (SSSR count). The van der Waals surface area contributed by atoms with Crippen molar-refractivity contribution < 1.29 is 17.6 Å². The fourth-order valence-corrected chi connectivity index (χ4v) is 5.33. The third-order valence-corrected chi connectivity index (χ3v) is 6.89. The second kappa shape index (κ2) is 6.73. The van der Waals surface area contributed by atoms with Crippen LogP contribution >= 0.6 is 0 Å². The number of hydrogen-bond donors (Lipinski definition) is 0. The summed E-state index contributed by atoms with van der Waals surface area (Å²) in [4.78, 5) is 19.5. The molecule has 1 unspecified atom stereocenters. The molecule has 1 aliphatic heterocycles. The second-order valence-corrected chi connectivity index (χ2v) is 9.65. The van der Waals surface area contributed by atoms with Crippen molar-refractivity contribution in [1.82, 2.24) is 19.7 Å². The van der Waals surface area contributed by atoms with Crippen LogP contribution in [0.1, 0.15) is 36.7 Å². The molecule has 0 bridgehead atoms. The molecule has 1 atom stereocenters. The molecule has 0 radical (unpaired) electrons. The smallest absolute Gasteiger partial charge is 0.254 e. The van der Waals surface area contributed by atoms with E-state index >= 15 is 0 Å². The zero-order valence-corrected chi connectivity index (χ0v) is 16.8. The molecular formula is C19H22N4O4S. The van der Waals surface area contributed by atoms with Gasteiger partial charge in [-0.15, -0.1) is 0 Å². The van der Waals surface area contributed by atoms with Crippen molar-refractivity contribution in [2.45, 2.75) is 32.4 Å². The summed E-state index contributed by atoms with van der Waals surface area (Å²) in [6.45, 7) is 3.98. The van der Waals surface area contributed by atoms with E-state index in [9.17, 15) is 13.2 Å². The highest BCUT2D eigenvalue weighted by molar-refractivity contribution is 7.91. The molecule has 1 aliphatic rings. The molecule has 8 nitrogen and oxygen atoms in total. The first-order valence-corrected chi connectivity index (χ1v) is 11.0. The van der Waals surface area contributed by atoms with Crippen LogP contribution in [0.4, 0.5) is 0 Å². The number of nitrogens with zero attached hydrogens (tertiary/aromatic N) is 4. The highest BCUT2D eigenvalue weighted by atomic mass is 32.2. The normalized spacial score (nSPS) is 18.8. The third kappa shape index (κ3) is 3.19. The number of rotatable bonds is 4. The molecule has 0 spiro atoms. The summed E-state index contributed by atoms with van der Waals surface area (Å²) in [7, 11) is -1.43. The van der Waals surface area contributed by atoms with Crippen LogP contribution in [-0.2, 0) is 9.84 Å². The van der Waals surface area contributed by atoms with Crippen LogP contribution in [0.3, 0.4) is 0 Å². The van der Waals surface area contributed by atoms with Gasteiger partial charge in [0.15, 0.2) is 21.2 Å². The Morgan fingerprint density at radius 3 is 2.79 bits per heavy atom. The van der Waals surface area contributed by atoms with Crippen LogP contribution in [0, 0.1) is 0 Å². The molecule has 28 heavy (non-hydrogen) atoms. The van der Waals surface area contributed by atoms with Crippen LogP contribution in [0.2, 0.25) is 0 Å². The van der Waals surface area contributed by atoms with Crippen molar-refractivity contribution >= 4 is 26.8 Å². The predicted molar refractivity (Wildman–Crippen MR) is 105 cm³/mol. The molecule has 0 aromatic carbocycles. The Morgan fingerprint density at radius 1 is 1.39 bits per heavy atom. The molecular weight excluding hydrogens is 380 g/mol. The highest BCUT2D eigenvalue weighted by Crippen LogP contribution is 2.28. The fraction of sp³-hybridized carbons (Fsp3) is 0.421. The average Bonchev–Trinajstić information content (AvgIpc) is 3.38. The highest BCUT2D eigenvalue weighted by Gasteiger charge is 2.34. The Hall–Kier alpha value is -2.68. The number of hydrogen-bond acceptors (Lipinski definition) is 6. The molecule has 1 amide bonds. The minimum Gasteiger partial charge on any atom is -0.463 e. The van der Waals surface area contributed by atoms with Crippen LogP contribution in [0.5, 0.6) is 0 Å². The van der Waals surface area contributed by atoms with Crippen molar-refractivity contribution in [3.05, 3.63) is 36.2 Å². The van der Waals surface area contributed by atoms with Gasteiger partial charge in [0.25, 0.3) is 5.91 Å². The molecule has 3 aromatic rings. The van der Waals surface area contributed by atoms with Gasteiger partial charge in [-0.2, -0.15) is 5.10 Å². The Kier molecular flexibility index (Phi) is 4.49. The number of pyridine rings is 1. The Balaban J connectivity index is 1.82. The summed E-state index contributed by atoms with van der Waals surface area (Å²) in [6, 6.07) is 4.98. The van der Waals surface area contributed by atoms with Crippen LogP contribution in [-0.4, -0.2) is 58.6 Å². The molecule has 9 heteroatoms. The molecule has 3 aromatic heterocycles. The fourth-order valence-electron chi connectivity index (χ4n) is 3.56. The first kappa shape index (κ1) is 18.7. The minimum atomic E-state index is -3.09. The summed E-state index contributed by atoms with van der Waals surface area (Å²) in [5, 5.41) is 5.04. The van der Waals surface area contributed by atoms with E-state index in [1.807, 2.05) is 13.8 Å². The Bertz CT molecular complexity index is 1130. The van der Waals surface area contributed by atoms with E-state index in [1.54, 1.807) is 42.4 Å². The van der Waals surface area contributed by atoms with Crippen LogP contribution in [0.15, 0.2) is 35.1 Å². The lowest BCUT2D eigenvalue weighted by molar-refractivity contribution is 0.0749. The lowest BCUT2D eigenvalue weighted by atomic mass is 10.1. The van der Waals surface area contributed by atoms with E-state index in [-0.39, 0.29) is 29.5 Å². The number of furan rings is 1. The van der Waals surface area contributed by atoms with Crippen LogP contribution < -0.4 is 0 Å². The van der Waals surface area contributed by atoms with Gasteiger partial charge >= 0.3 is 0 Å². The molecule has 1 saturated heterocycles. The summed E-state index contributed by atoms with van der Waals surface area (Å²) in [6.07, 6.45) is 3.65. The number of fused-ring (bicyclic) bond motifs is 1. The van der Waals surface area contributed by atoms with E-state index in [0.717, 1.165) is 0 Å². The molecule has 0 aliphatic carbocycles. The molecule has 0 N–H and O–H groups in total. The zero-order valence-electron chi connectivity index (χ0n) is 16.0. The van der Waals surface area contributed by atoms with Gasteiger partial charge in [0.2, 0.25) is 0 Å². The average molecular weight is 402 g/mol. The number of amides is 1. The van der Waals surface area contributed by atoms with E-state index in [2.05, 4.69) is 10.1 Å². The molecule has 1 fully saturated rings. The second-order valence-electron chi connectivity index (χ2n) is 7.43. The third-order valence-electron chi connectivity index (χ3n) is 5.14. The minimum absolute atomic E-state index is 0.000235. The maximum absolute atomic E-state index is 13.3. The van der Waals surface area contributed by atoms with Gasteiger partial charge in [-0.1, -0.05) is 0 Å². The van der Waals surface area contributed by atoms with Gasteiger partial charge in [-0.05, 0) is 38.5 Å². The first-order chi connectivity index (χ1) is 13.3.